The van der Waals surface area contributed by atoms with Crippen molar-refractivity contribution in [2.45, 2.75) is 50.8 Å². The largest absolute Gasteiger partial charge is 0.491 e. The molecule has 2 aliphatic heterocycles. The number of benzene rings is 1. The zero-order valence-corrected chi connectivity index (χ0v) is 14.0. The lowest BCUT2D eigenvalue weighted by Crippen LogP contribution is -2.72. The Balaban J connectivity index is 1.27. The second-order valence-corrected chi connectivity index (χ2v) is 7.83. The maximum Gasteiger partial charge on any atom is 0.315 e. The van der Waals surface area contributed by atoms with Crippen molar-refractivity contribution in [1.29, 1.82) is 0 Å². The number of fused-ring (bicyclic) bond motifs is 3. The van der Waals surface area contributed by atoms with Crippen LogP contribution >= 0.6 is 0 Å². The van der Waals surface area contributed by atoms with Crippen molar-refractivity contribution in [3.63, 3.8) is 0 Å². The summed E-state index contributed by atoms with van der Waals surface area (Å²) >= 11 is 0. The van der Waals surface area contributed by atoms with Gasteiger partial charge in [-0.1, -0.05) is 24.1 Å². The summed E-state index contributed by atoms with van der Waals surface area (Å²) in [5, 5.41) is 6.38. The van der Waals surface area contributed by atoms with Crippen LogP contribution in [0.3, 0.4) is 0 Å². The summed E-state index contributed by atoms with van der Waals surface area (Å²) in [6.07, 6.45) is 5.10. The summed E-state index contributed by atoms with van der Waals surface area (Å²) in [7, 11) is 0. The Labute approximate surface area is 142 Å². The molecule has 4 aliphatic rings. The fraction of sp³-hybridized carbons (Fsp3) is 0.632. The van der Waals surface area contributed by atoms with Crippen molar-refractivity contribution in [1.82, 2.24) is 10.6 Å². The number of aryl methyl sites for hydroxylation is 1. The van der Waals surface area contributed by atoms with E-state index >= 15 is 0 Å². The molecule has 2 amide bonds. The normalized spacial score (nSPS) is 34.5. The van der Waals surface area contributed by atoms with Gasteiger partial charge in [0.2, 0.25) is 0 Å². The Morgan fingerprint density at radius 2 is 2.17 bits per heavy atom. The molecule has 2 saturated carbocycles. The Morgan fingerprint density at radius 3 is 2.96 bits per heavy atom. The summed E-state index contributed by atoms with van der Waals surface area (Å²) < 4.78 is 11.6. The third-order valence-electron chi connectivity index (χ3n) is 6.57. The highest BCUT2D eigenvalue weighted by molar-refractivity contribution is 5.75. The molecule has 0 bridgehead atoms. The molecule has 1 saturated heterocycles. The SMILES string of the molecule is Cc1ccc2c(c1)C(NC(=O)NC1C3CCOC3C13CCC3)CO2. The van der Waals surface area contributed by atoms with E-state index in [4.69, 9.17) is 9.47 Å². The molecule has 0 radical (unpaired) electrons. The molecule has 24 heavy (non-hydrogen) atoms. The number of ether oxygens (including phenoxy) is 2. The molecule has 4 unspecified atom stereocenters. The summed E-state index contributed by atoms with van der Waals surface area (Å²) in [6, 6.07) is 6.27. The highest BCUT2D eigenvalue weighted by atomic mass is 16.5. The van der Waals surface area contributed by atoms with Gasteiger partial charge in [-0.15, -0.1) is 0 Å². The van der Waals surface area contributed by atoms with Crippen LogP contribution in [0.25, 0.3) is 0 Å². The molecule has 2 aliphatic carbocycles. The van der Waals surface area contributed by atoms with Gasteiger partial charge in [-0.05, 0) is 32.3 Å². The average molecular weight is 328 g/mol. The van der Waals surface area contributed by atoms with Gasteiger partial charge in [-0.3, -0.25) is 0 Å². The van der Waals surface area contributed by atoms with E-state index < -0.39 is 0 Å². The molecule has 5 heteroatoms. The second-order valence-electron chi connectivity index (χ2n) is 7.83. The maximum atomic E-state index is 12.6. The molecule has 1 aromatic rings. The van der Waals surface area contributed by atoms with E-state index in [9.17, 15) is 4.79 Å². The number of carbonyl (C=O) groups is 1. The first-order valence-electron chi connectivity index (χ1n) is 9.09. The Hall–Kier alpha value is -1.75. The highest BCUT2D eigenvalue weighted by Crippen LogP contribution is 2.62. The fourth-order valence-electron chi connectivity index (χ4n) is 5.25. The van der Waals surface area contributed by atoms with Crippen LogP contribution < -0.4 is 15.4 Å². The van der Waals surface area contributed by atoms with E-state index in [-0.39, 0.29) is 23.5 Å². The summed E-state index contributed by atoms with van der Waals surface area (Å²) in [5.74, 6) is 1.39. The fourth-order valence-corrected chi connectivity index (χ4v) is 5.25. The van der Waals surface area contributed by atoms with E-state index in [0.29, 0.717) is 18.6 Å². The predicted molar refractivity (Wildman–Crippen MR) is 89.0 cm³/mol. The van der Waals surface area contributed by atoms with E-state index in [2.05, 4.69) is 23.6 Å². The topological polar surface area (TPSA) is 59.6 Å². The Bertz CT molecular complexity index is 685. The van der Waals surface area contributed by atoms with Gasteiger partial charge in [0.1, 0.15) is 12.4 Å². The number of urea groups is 1. The molecular weight excluding hydrogens is 304 g/mol. The van der Waals surface area contributed by atoms with Crippen LogP contribution in [0.15, 0.2) is 18.2 Å². The van der Waals surface area contributed by atoms with Gasteiger partial charge in [0, 0.05) is 29.5 Å². The summed E-state index contributed by atoms with van der Waals surface area (Å²) in [6.45, 7) is 3.42. The minimum absolute atomic E-state index is 0.0621. The third-order valence-corrected chi connectivity index (χ3v) is 6.57. The van der Waals surface area contributed by atoms with Gasteiger partial charge < -0.3 is 20.1 Å². The first-order valence-corrected chi connectivity index (χ1v) is 9.09. The van der Waals surface area contributed by atoms with Crippen molar-refractivity contribution in [2.24, 2.45) is 11.3 Å². The molecule has 128 valence electrons. The van der Waals surface area contributed by atoms with Crippen molar-refractivity contribution < 1.29 is 14.3 Å². The van der Waals surface area contributed by atoms with Crippen LogP contribution in [0.5, 0.6) is 5.75 Å². The second kappa shape index (κ2) is 5.12. The lowest BCUT2D eigenvalue weighted by atomic mass is 9.46. The lowest BCUT2D eigenvalue weighted by Gasteiger charge is -2.63. The zero-order chi connectivity index (χ0) is 16.3. The number of amides is 2. The quantitative estimate of drug-likeness (QED) is 0.877. The molecule has 5 rings (SSSR count). The highest BCUT2D eigenvalue weighted by Gasteiger charge is 2.67. The lowest BCUT2D eigenvalue weighted by molar-refractivity contribution is -0.172. The predicted octanol–water partition coefficient (Wildman–Crippen LogP) is 2.69. The van der Waals surface area contributed by atoms with Crippen LogP contribution in [0.2, 0.25) is 0 Å². The molecule has 0 aromatic heterocycles. The van der Waals surface area contributed by atoms with Gasteiger partial charge >= 0.3 is 6.03 Å². The molecule has 2 heterocycles. The first kappa shape index (κ1) is 14.6. The van der Waals surface area contributed by atoms with E-state index in [1.165, 1.54) is 24.8 Å². The number of hydrogen-bond acceptors (Lipinski definition) is 3. The number of hydrogen-bond donors (Lipinski definition) is 2. The smallest absolute Gasteiger partial charge is 0.315 e. The standard InChI is InChI=1S/C19H24N2O3/c1-11-3-4-15-13(9-11)14(10-24-15)20-18(22)21-16-12-5-8-23-17(12)19(16)6-2-7-19/h3-4,9,12,14,16-17H,2,5-8,10H2,1H3,(H2,20,21,22). The van der Waals surface area contributed by atoms with Gasteiger partial charge in [0.25, 0.3) is 0 Å². The van der Waals surface area contributed by atoms with E-state index in [1.54, 1.807) is 0 Å². The maximum absolute atomic E-state index is 12.6. The number of rotatable bonds is 2. The molecular formula is C19H24N2O3. The van der Waals surface area contributed by atoms with Crippen LogP contribution in [-0.2, 0) is 4.74 Å². The van der Waals surface area contributed by atoms with Crippen molar-refractivity contribution in [2.75, 3.05) is 13.2 Å². The third kappa shape index (κ3) is 1.94. The number of carbonyl (C=O) groups excluding carboxylic acids is 1. The van der Waals surface area contributed by atoms with Gasteiger partial charge in [-0.25, -0.2) is 4.79 Å². The molecule has 3 fully saturated rings. The minimum atomic E-state index is -0.0698. The first-order chi connectivity index (χ1) is 11.7. The Kier molecular flexibility index (Phi) is 3.11. The Morgan fingerprint density at radius 1 is 1.29 bits per heavy atom. The average Bonchev–Trinajstić information content (AvgIpc) is 3.09. The van der Waals surface area contributed by atoms with Crippen LogP contribution in [0, 0.1) is 18.3 Å². The van der Waals surface area contributed by atoms with Crippen molar-refractivity contribution in [3.05, 3.63) is 29.3 Å². The van der Waals surface area contributed by atoms with Gasteiger partial charge in [0.15, 0.2) is 0 Å². The van der Waals surface area contributed by atoms with E-state index in [1.807, 2.05) is 12.1 Å². The summed E-state index contributed by atoms with van der Waals surface area (Å²) in [4.78, 5) is 12.6. The van der Waals surface area contributed by atoms with Crippen LogP contribution in [0.4, 0.5) is 4.79 Å². The van der Waals surface area contributed by atoms with Crippen molar-refractivity contribution >= 4 is 6.03 Å². The van der Waals surface area contributed by atoms with Crippen LogP contribution in [-0.4, -0.2) is 31.4 Å². The van der Waals surface area contributed by atoms with Gasteiger partial charge in [0.05, 0.1) is 12.1 Å². The molecule has 2 N–H and O–H groups in total. The zero-order valence-electron chi connectivity index (χ0n) is 14.0. The van der Waals surface area contributed by atoms with Gasteiger partial charge in [-0.2, -0.15) is 0 Å². The molecule has 4 atom stereocenters. The molecule has 5 nitrogen and oxygen atoms in total. The molecule has 1 aromatic carbocycles. The minimum Gasteiger partial charge on any atom is -0.491 e. The van der Waals surface area contributed by atoms with Crippen LogP contribution in [0.1, 0.15) is 42.9 Å². The monoisotopic (exact) mass is 328 g/mol. The summed E-state index contributed by atoms with van der Waals surface area (Å²) in [5.41, 5.74) is 2.49. The number of nitrogens with one attached hydrogen (secondary N) is 2. The van der Waals surface area contributed by atoms with Crippen molar-refractivity contribution in [3.8, 4) is 5.75 Å². The van der Waals surface area contributed by atoms with E-state index in [0.717, 1.165) is 24.3 Å². The molecule has 1 spiro atoms.